The van der Waals surface area contributed by atoms with Crippen LogP contribution in [0.2, 0.25) is 0 Å². The van der Waals surface area contributed by atoms with E-state index in [-0.39, 0.29) is 11.5 Å². The molecule has 0 aliphatic rings. The Balaban J connectivity index is 2.22. The minimum absolute atomic E-state index is 0.0753. The normalized spacial score (nSPS) is 9.59. The first-order valence-electron chi connectivity index (χ1n) is 4.88. The second kappa shape index (κ2) is 4.45. The van der Waals surface area contributed by atoms with Gasteiger partial charge in [0.25, 0.3) is 0 Å². The summed E-state index contributed by atoms with van der Waals surface area (Å²) in [6.45, 7) is 0. The summed E-state index contributed by atoms with van der Waals surface area (Å²) in [6, 6.07) is 12.5. The summed E-state index contributed by atoms with van der Waals surface area (Å²) in [7, 11) is 0. The van der Waals surface area contributed by atoms with Crippen LogP contribution in [0.3, 0.4) is 0 Å². The first kappa shape index (κ1) is 10.8. The lowest BCUT2D eigenvalue weighted by molar-refractivity contribution is 0.431. The van der Waals surface area contributed by atoms with Crippen LogP contribution in [0.1, 0.15) is 5.56 Å². The van der Waals surface area contributed by atoms with Gasteiger partial charge in [-0.05, 0) is 24.3 Å². The van der Waals surface area contributed by atoms with Crippen molar-refractivity contribution in [3.05, 3.63) is 48.0 Å². The number of aromatic hydroxyl groups is 2. The Bertz CT molecular complexity index is 550. The molecule has 4 heteroatoms. The van der Waals surface area contributed by atoms with E-state index in [0.29, 0.717) is 17.1 Å². The number of phenols is 2. The SMILES string of the molecule is N#Cc1ccc(Oc2cc(O)cc(O)c2)cc1. The van der Waals surface area contributed by atoms with Crippen LogP contribution in [0.5, 0.6) is 23.0 Å². The highest BCUT2D eigenvalue weighted by Crippen LogP contribution is 2.29. The van der Waals surface area contributed by atoms with Crippen LogP contribution in [-0.2, 0) is 0 Å². The van der Waals surface area contributed by atoms with Gasteiger partial charge in [0.2, 0.25) is 0 Å². The maximum absolute atomic E-state index is 9.27. The number of hydrogen-bond donors (Lipinski definition) is 2. The Morgan fingerprint density at radius 1 is 0.882 bits per heavy atom. The fraction of sp³-hybridized carbons (Fsp3) is 0. The van der Waals surface area contributed by atoms with E-state index in [0.717, 1.165) is 0 Å². The smallest absolute Gasteiger partial charge is 0.134 e. The van der Waals surface area contributed by atoms with Crippen LogP contribution in [-0.4, -0.2) is 10.2 Å². The first-order valence-corrected chi connectivity index (χ1v) is 4.88. The average molecular weight is 227 g/mol. The molecule has 0 spiro atoms. The van der Waals surface area contributed by atoms with Gasteiger partial charge in [0.05, 0.1) is 11.6 Å². The van der Waals surface area contributed by atoms with Crippen LogP contribution in [0.4, 0.5) is 0 Å². The van der Waals surface area contributed by atoms with Crippen molar-refractivity contribution in [3.8, 4) is 29.1 Å². The van der Waals surface area contributed by atoms with Crippen LogP contribution in [0, 0.1) is 11.3 Å². The van der Waals surface area contributed by atoms with E-state index in [9.17, 15) is 10.2 Å². The second-order valence-corrected chi connectivity index (χ2v) is 3.42. The molecule has 0 unspecified atom stereocenters. The lowest BCUT2D eigenvalue weighted by Gasteiger charge is -2.06. The molecule has 17 heavy (non-hydrogen) atoms. The standard InChI is InChI=1S/C13H9NO3/c14-8-9-1-3-12(4-2-9)17-13-6-10(15)5-11(16)7-13/h1-7,15-16H. The van der Waals surface area contributed by atoms with Crippen molar-refractivity contribution in [2.45, 2.75) is 0 Å². The highest BCUT2D eigenvalue weighted by atomic mass is 16.5. The third kappa shape index (κ3) is 2.67. The summed E-state index contributed by atoms with van der Waals surface area (Å²) < 4.78 is 5.41. The second-order valence-electron chi connectivity index (χ2n) is 3.42. The maximum atomic E-state index is 9.27. The quantitative estimate of drug-likeness (QED) is 0.827. The molecule has 0 bridgehead atoms. The van der Waals surface area contributed by atoms with E-state index in [1.807, 2.05) is 6.07 Å². The van der Waals surface area contributed by atoms with Gasteiger partial charge in [0.15, 0.2) is 0 Å². The Kier molecular flexibility index (Phi) is 2.84. The summed E-state index contributed by atoms with van der Waals surface area (Å²) >= 11 is 0. The maximum Gasteiger partial charge on any atom is 0.134 e. The summed E-state index contributed by atoms with van der Waals surface area (Å²) in [6.07, 6.45) is 0. The van der Waals surface area contributed by atoms with Crippen LogP contribution in [0.25, 0.3) is 0 Å². The molecule has 0 fully saturated rings. The molecular formula is C13H9NO3. The molecule has 0 amide bonds. The zero-order valence-electron chi connectivity index (χ0n) is 8.79. The highest BCUT2D eigenvalue weighted by molar-refractivity contribution is 5.43. The predicted octanol–water partition coefficient (Wildman–Crippen LogP) is 2.76. The van der Waals surface area contributed by atoms with Crippen molar-refractivity contribution in [2.24, 2.45) is 0 Å². The van der Waals surface area contributed by atoms with E-state index in [4.69, 9.17) is 10.00 Å². The molecule has 0 saturated carbocycles. The van der Waals surface area contributed by atoms with Gasteiger partial charge < -0.3 is 14.9 Å². The Hall–Kier alpha value is -2.67. The molecule has 0 aliphatic heterocycles. The number of benzene rings is 2. The van der Waals surface area contributed by atoms with Gasteiger partial charge in [0, 0.05) is 18.2 Å². The Morgan fingerprint density at radius 2 is 1.47 bits per heavy atom. The molecule has 2 aromatic rings. The Morgan fingerprint density at radius 3 is 2.00 bits per heavy atom. The molecule has 0 radical (unpaired) electrons. The van der Waals surface area contributed by atoms with E-state index in [2.05, 4.69) is 0 Å². The largest absolute Gasteiger partial charge is 0.508 e. The lowest BCUT2D eigenvalue weighted by Crippen LogP contribution is -1.84. The van der Waals surface area contributed by atoms with Gasteiger partial charge in [-0.3, -0.25) is 0 Å². The fourth-order valence-electron chi connectivity index (χ4n) is 1.36. The van der Waals surface area contributed by atoms with Gasteiger partial charge in [-0.1, -0.05) is 0 Å². The van der Waals surface area contributed by atoms with Crippen LogP contribution >= 0.6 is 0 Å². The van der Waals surface area contributed by atoms with Crippen LogP contribution in [0.15, 0.2) is 42.5 Å². The minimum atomic E-state index is -0.0753. The summed E-state index contributed by atoms with van der Waals surface area (Å²) in [4.78, 5) is 0. The van der Waals surface area contributed by atoms with E-state index in [1.165, 1.54) is 18.2 Å². The van der Waals surface area contributed by atoms with Crippen LogP contribution < -0.4 is 4.74 Å². The van der Waals surface area contributed by atoms with Crippen molar-refractivity contribution in [1.82, 2.24) is 0 Å². The van der Waals surface area contributed by atoms with Gasteiger partial charge in [0.1, 0.15) is 23.0 Å². The third-order valence-electron chi connectivity index (χ3n) is 2.10. The number of hydrogen-bond acceptors (Lipinski definition) is 4. The molecule has 2 rings (SSSR count). The summed E-state index contributed by atoms with van der Waals surface area (Å²) in [5.74, 6) is 0.698. The number of phenolic OH excluding ortho intramolecular Hbond substituents is 2. The van der Waals surface area contributed by atoms with Crippen molar-refractivity contribution in [2.75, 3.05) is 0 Å². The molecule has 2 aromatic carbocycles. The van der Waals surface area contributed by atoms with Gasteiger partial charge in [-0.15, -0.1) is 0 Å². The predicted molar refractivity (Wildman–Crippen MR) is 61.0 cm³/mol. The van der Waals surface area contributed by atoms with Crippen molar-refractivity contribution in [1.29, 1.82) is 5.26 Å². The van der Waals surface area contributed by atoms with Crippen molar-refractivity contribution in [3.63, 3.8) is 0 Å². The fourth-order valence-corrected chi connectivity index (χ4v) is 1.36. The number of nitrogens with zero attached hydrogens (tertiary/aromatic N) is 1. The molecule has 0 aliphatic carbocycles. The topological polar surface area (TPSA) is 73.5 Å². The lowest BCUT2D eigenvalue weighted by atomic mass is 10.2. The van der Waals surface area contributed by atoms with Crippen molar-refractivity contribution >= 4 is 0 Å². The Labute approximate surface area is 97.9 Å². The molecule has 4 nitrogen and oxygen atoms in total. The highest BCUT2D eigenvalue weighted by Gasteiger charge is 2.02. The third-order valence-corrected chi connectivity index (χ3v) is 2.10. The minimum Gasteiger partial charge on any atom is -0.508 e. The van der Waals surface area contributed by atoms with E-state index in [1.54, 1.807) is 24.3 Å². The monoisotopic (exact) mass is 227 g/mol. The zero-order chi connectivity index (χ0) is 12.3. The van der Waals surface area contributed by atoms with Gasteiger partial charge >= 0.3 is 0 Å². The molecular weight excluding hydrogens is 218 g/mol. The van der Waals surface area contributed by atoms with E-state index >= 15 is 0 Å². The van der Waals surface area contributed by atoms with E-state index < -0.39 is 0 Å². The summed E-state index contributed by atoms with van der Waals surface area (Å²) in [5.41, 5.74) is 0.538. The van der Waals surface area contributed by atoms with Gasteiger partial charge in [-0.2, -0.15) is 5.26 Å². The van der Waals surface area contributed by atoms with Crippen molar-refractivity contribution < 1.29 is 14.9 Å². The number of ether oxygens (including phenoxy) is 1. The average Bonchev–Trinajstić information content (AvgIpc) is 2.28. The molecule has 0 aromatic heterocycles. The number of nitriles is 1. The van der Waals surface area contributed by atoms with Gasteiger partial charge in [-0.25, -0.2) is 0 Å². The number of rotatable bonds is 2. The molecule has 0 saturated heterocycles. The summed E-state index contributed by atoms with van der Waals surface area (Å²) in [5, 5.41) is 27.2. The zero-order valence-corrected chi connectivity index (χ0v) is 8.79. The molecule has 84 valence electrons. The molecule has 0 heterocycles. The molecule has 2 N–H and O–H groups in total. The first-order chi connectivity index (χ1) is 8.17. The molecule has 0 atom stereocenters.